The van der Waals surface area contributed by atoms with Crippen LogP contribution in [0.4, 0.5) is 4.79 Å². The smallest absolute Gasteiger partial charge is 0.326 e. The highest BCUT2D eigenvalue weighted by molar-refractivity contribution is 7.99. The number of hydrogen-bond acceptors (Lipinski definition) is 4. The molecule has 1 heterocycles. The third kappa shape index (κ3) is 6.65. The summed E-state index contributed by atoms with van der Waals surface area (Å²) < 4.78 is 0. The Morgan fingerprint density at radius 1 is 1.30 bits per heavy atom. The van der Waals surface area contributed by atoms with Gasteiger partial charge in [0.15, 0.2) is 0 Å². The van der Waals surface area contributed by atoms with E-state index in [-0.39, 0.29) is 25.3 Å². The minimum Gasteiger partial charge on any atom is -0.481 e. The van der Waals surface area contributed by atoms with Gasteiger partial charge in [-0.05, 0) is 31.4 Å². The van der Waals surface area contributed by atoms with Crippen LogP contribution in [-0.2, 0) is 9.59 Å². The molecular formula is C12H20N2O5S. The van der Waals surface area contributed by atoms with Gasteiger partial charge < -0.3 is 20.8 Å². The maximum atomic E-state index is 11.7. The van der Waals surface area contributed by atoms with Gasteiger partial charge in [-0.2, -0.15) is 11.8 Å². The number of carboxylic acid groups (broad SMARTS) is 2. The lowest BCUT2D eigenvalue weighted by atomic mass is 10.1. The number of hydrogen-bond donors (Lipinski definition) is 4. The second kappa shape index (κ2) is 8.68. The summed E-state index contributed by atoms with van der Waals surface area (Å²) in [6, 6.07) is -1.48. The van der Waals surface area contributed by atoms with Gasteiger partial charge in [-0.25, -0.2) is 9.59 Å². The molecule has 1 saturated heterocycles. The fraction of sp³-hybridized carbons (Fsp3) is 0.750. The average Bonchev–Trinajstić information content (AvgIpc) is 2.38. The van der Waals surface area contributed by atoms with Gasteiger partial charge in [0.2, 0.25) is 0 Å². The lowest BCUT2D eigenvalue weighted by molar-refractivity contribution is -0.140. The fourth-order valence-electron chi connectivity index (χ4n) is 1.95. The van der Waals surface area contributed by atoms with Crippen LogP contribution in [0.15, 0.2) is 0 Å². The van der Waals surface area contributed by atoms with Crippen molar-refractivity contribution in [2.24, 2.45) is 0 Å². The van der Waals surface area contributed by atoms with E-state index in [2.05, 4.69) is 10.6 Å². The van der Waals surface area contributed by atoms with Gasteiger partial charge >= 0.3 is 18.0 Å². The Hall–Kier alpha value is -1.44. The molecule has 4 N–H and O–H groups in total. The molecule has 8 heteroatoms. The molecule has 2 atom stereocenters. The Labute approximate surface area is 121 Å². The molecule has 7 nitrogen and oxygen atoms in total. The van der Waals surface area contributed by atoms with Crippen molar-refractivity contribution in [1.29, 1.82) is 0 Å². The van der Waals surface area contributed by atoms with Crippen molar-refractivity contribution in [3.63, 3.8) is 0 Å². The van der Waals surface area contributed by atoms with E-state index in [1.165, 1.54) is 0 Å². The predicted octanol–water partition coefficient (Wildman–Crippen LogP) is 0.889. The van der Waals surface area contributed by atoms with Crippen molar-refractivity contribution in [2.75, 3.05) is 11.5 Å². The average molecular weight is 304 g/mol. The number of urea groups is 1. The molecule has 1 aliphatic rings. The topological polar surface area (TPSA) is 116 Å². The number of carbonyl (C=O) groups is 3. The summed E-state index contributed by atoms with van der Waals surface area (Å²) in [6.45, 7) is 0. The molecular weight excluding hydrogens is 284 g/mol. The van der Waals surface area contributed by atoms with Crippen molar-refractivity contribution in [3.8, 4) is 0 Å². The van der Waals surface area contributed by atoms with Crippen LogP contribution in [-0.4, -0.2) is 51.8 Å². The maximum absolute atomic E-state index is 11.7. The van der Waals surface area contributed by atoms with Crippen molar-refractivity contribution in [2.45, 2.75) is 44.2 Å². The van der Waals surface area contributed by atoms with E-state index < -0.39 is 24.0 Å². The van der Waals surface area contributed by atoms with Crippen LogP contribution in [0.2, 0.25) is 0 Å². The zero-order valence-electron chi connectivity index (χ0n) is 11.1. The van der Waals surface area contributed by atoms with E-state index in [9.17, 15) is 14.4 Å². The molecule has 0 spiro atoms. The van der Waals surface area contributed by atoms with E-state index in [1.807, 2.05) is 0 Å². The molecule has 0 radical (unpaired) electrons. The van der Waals surface area contributed by atoms with Crippen molar-refractivity contribution < 1.29 is 24.6 Å². The minimum atomic E-state index is -1.15. The highest BCUT2D eigenvalue weighted by atomic mass is 32.2. The van der Waals surface area contributed by atoms with Crippen molar-refractivity contribution in [1.82, 2.24) is 10.6 Å². The Morgan fingerprint density at radius 3 is 2.60 bits per heavy atom. The van der Waals surface area contributed by atoms with Crippen LogP contribution >= 0.6 is 11.8 Å². The monoisotopic (exact) mass is 304 g/mol. The quantitative estimate of drug-likeness (QED) is 0.555. The summed E-state index contributed by atoms with van der Waals surface area (Å²) in [4.78, 5) is 33.1. The van der Waals surface area contributed by atoms with Crippen LogP contribution in [0.5, 0.6) is 0 Å². The number of carbonyl (C=O) groups excluding carboxylic acids is 1. The van der Waals surface area contributed by atoms with E-state index in [0.717, 1.165) is 24.3 Å². The van der Waals surface area contributed by atoms with Crippen molar-refractivity contribution >= 4 is 29.7 Å². The Kier molecular flexibility index (Phi) is 7.21. The number of rotatable bonds is 7. The number of nitrogens with one attached hydrogen (secondary N) is 2. The SMILES string of the molecule is O=C(O)CCC[C@@H](NC(=O)NC1CCCSC1)C(=O)O. The molecule has 1 aliphatic heterocycles. The molecule has 0 aliphatic carbocycles. The third-order valence-electron chi connectivity index (χ3n) is 2.98. The molecule has 1 rings (SSSR count). The first kappa shape index (κ1) is 16.6. The van der Waals surface area contributed by atoms with Gasteiger partial charge in [-0.1, -0.05) is 0 Å². The summed E-state index contributed by atoms with van der Waals surface area (Å²) in [5, 5.41) is 22.7. The summed E-state index contributed by atoms with van der Waals surface area (Å²) in [7, 11) is 0. The molecule has 1 unspecified atom stereocenters. The van der Waals surface area contributed by atoms with E-state index >= 15 is 0 Å². The zero-order valence-corrected chi connectivity index (χ0v) is 11.9. The first-order chi connectivity index (χ1) is 9.49. The zero-order chi connectivity index (χ0) is 15.0. The Balaban J connectivity index is 2.33. The number of thioether (sulfide) groups is 1. The molecule has 0 aromatic rings. The fourth-order valence-corrected chi connectivity index (χ4v) is 3.03. The van der Waals surface area contributed by atoms with Crippen molar-refractivity contribution in [3.05, 3.63) is 0 Å². The molecule has 2 amide bonds. The first-order valence-corrected chi connectivity index (χ1v) is 7.74. The van der Waals surface area contributed by atoms with E-state index in [4.69, 9.17) is 10.2 Å². The van der Waals surface area contributed by atoms with Crippen LogP contribution in [0.25, 0.3) is 0 Å². The summed E-state index contributed by atoms with van der Waals surface area (Å²) >= 11 is 1.76. The second-order valence-corrected chi connectivity index (χ2v) is 5.86. The first-order valence-electron chi connectivity index (χ1n) is 6.58. The second-order valence-electron chi connectivity index (χ2n) is 4.71. The van der Waals surface area contributed by atoms with Gasteiger partial charge in [0, 0.05) is 18.2 Å². The van der Waals surface area contributed by atoms with Crippen LogP contribution in [0.1, 0.15) is 32.1 Å². The minimum absolute atomic E-state index is 0.0715. The Bertz CT molecular complexity index is 358. The maximum Gasteiger partial charge on any atom is 0.326 e. The summed E-state index contributed by atoms with van der Waals surface area (Å²) in [6.07, 6.45) is 2.15. The van der Waals surface area contributed by atoms with Gasteiger partial charge in [0.05, 0.1) is 0 Å². The highest BCUT2D eigenvalue weighted by Gasteiger charge is 2.22. The predicted molar refractivity (Wildman–Crippen MR) is 74.9 cm³/mol. The van der Waals surface area contributed by atoms with Crippen LogP contribution in [0, 0.1) is 0 Å². The van der Waals surface area contributed by atoms with Gasteiger partial charge in [0.25, 0.3) is 0 Å². The van der Waals surface area contributed by atoms with Gasteiger partial charge in [-0.15, -0.1) is 0 Å². The normalized spacial score (nSPS) is 19.9. The van der Waals surface area contributed by atoms with Gasteiger partial charge in [0.1, 0.15) is 6.04 Å². The molecule has 0 saturated carbocycles. The number of amides is 2. The number of aliphatic carboxylic acids is 2. The standard InChI is InChI=1S/C12H20N2O5S/c15-10(16)5-1-4-9(11(17)18)14-12(19)13-8-3-2-6-20-7-8/h8-9H,1-7H2,(H,15,16)(H,17,18)(H2,13,14,19)/t8?,9-/m1/s1. The third-order valence-corrected chi connectivity index (χ3v) is 4.20. The lowest BCUT2D eigenvalue weighted by Gasteiger charge is -2.23. The van der Waals surface area contributed by atoms with Crippen LogP contribution < -0.4 is 10.6 Å². The molecule has 114 valence electrons. The summed E-state index contributed by atoms with van der Waals surface area (Å²) in [5.41, 5.74) is 0. The largest absolute Gasteiger partial charge is 0.481 e. The van der Waals surface area contributed by atoms with E-state index in [0.29, 0.717) is 0 Å². The Morgan fingerprint density at radius 2 is 2.05 bits per heavy atom. The lowest BCUT2D eigenvalue weighted by Crippen LogP contribution is -2.50. The van der Waals surface area contributed by atoms with Crippen LogP contribution in [0.3, 0.4) is 0 Å². The molecule has 1 fully saturated rings. The molecule has 0 bridgehead atoms. The van der Waals surface area contributed by atoms with Gasteiger partial charge in [-0.3, -0.25) is 4.79 Å². The highest BCUT2D eigenvalue weighted by Crippen LogP contribution is 2.16. The molecule has 20 heavy (non-hydrogen) atoms. The van der Waals surface area contributed by atoms with E-state index in [1.54, 1.807) is 11.8 Å². The molecule has 0 aromatic heterocycles. The molecule has 0 aromatic carbocycles. The number of carboxylic acids is 2. The summed E-state index contributed by atoms with van der Waals surface area (Å²) in [5.74, 6) is -0.196.